The molecule has 0 radical (unpaired) electrons. The highest BCUT2D eigenvalue weighted by Crippen LogP contribution is 2.52. The second-order valence-electron chi connectivity index (χ2n) is 22.1. The minimum absolute atomic E-state index is 0.972. The Morgan fingerprint density at radius 3 is 0.934 bits per heavy atom. The lowest BCUT2D eigenvalue weighted by Gasteiger charge is -2.14. The van der Waals surface area contributed by atoms with E-state index in [0.29, 0.717) is 0 Å². The summed E-state index contributed by atoms with van der Waals surface area (Å²) in [6.07, 6.45) is 36.9. The van der Waals surface area contributed by atoms with Crippen molar-refractivity contribution in [2.24, 2.45) is 0 Å². The molecule has 8 heteroatoms. The third-order valence-corrected chi connectivity index (χ3v) is 23.6. The number of hydrogen-bond donors (Lipinski definition) is 0. The monoisotopic (exact) mass is 1120 g/mol. The molecule has 0 N–H and O–H groups in total. The zero-order chi connectivity index (χ0) is 51.8. The Morgan fingerprint density at radius 2 is 0.592 bits per heavy atom. The number of para-hydroxylation sites is 2. The number of benzene rings is 4. The topological polar surface area (TPSA) is 25.8 Å². The van der Waals surface area contributed by atoms with Gasteiger partial charge in [-0.2, -0.15) is 0 Å². The van der Waals surface area contributed by atoms with E-state index in [0.717, 1.165) is 22.1 Å². The number of fused-ring (bicyclic) bond motifs is 13. The molecule has 0 atom stereocenters. The lowest BCUT2D eigenvalue weighted by Crippen LogP contribution is -1.97. The van der Waals surface area contributed by atoms with Gasteiger partial charge in [-0.05, 0) is 133 Å². The molecule has 0 aliphatic heterocycles. The first kappa shape index (κ1) is 54.2. The SMILES string of the molecule is CCCCCCCCc1c(CCCCCCCC)c2sc(-c3cc4c5cc(-c6cc7c(s6)c(CCCCCCCC)c(CCCCCCCC)c6sccc67)sc5c5nc6ccccc6nc5c4s3)cc2c2ccsc12. The van der Waals surface area contributed by atoms with Gasteiger partial charge in [0.05, 0.1) is 20.4 Å². The first-order valence-corrected chi connectivity index (χ1v) is 35.1. The van der Waals surface area contributed by atoms with E-state index in [1.807, 2.05) is 45.3 Å². The Morgan fingerprint density at radius 1 is 0.303 bits per heavy atom. The molecule has 76 heavy (non-hydrogen) atoms. The second kappa shape index (κ2) is 26.0. The van der Waals surface area contributed by atoms with Crippen LogP contribution >= 0.6 is 68.0 Å². The molecular formula is C68H80N2S6. The first-order chi connectivity index (χ1) is 37.6. The van der Waals surface area contributed by atoms with Crippen molar-refractivity contribution in [3.05, 3.63) is 93.7 Å². The normalized spacial score (nSPS) is 12.4. The third kappa shape index (κ3) is 11.5. The number of unbranched alkanes of at least 4 members (excludes halogenated alkanes) is 20. The van der Waals surface area contributed by atoms with Crippen molar-refractivity contribution >= 4 is 151 Å². The van der Waals surface area contributed by atoms with E-state index in [-0.39, 0.29) is 0 Å². The molecule has 4 aromatic carbocycles. The summed E-state index contributed by atoms with van der Waals surface area (Å²) in [4.78, 5) is 16.5. The van der Waals surface area contributed by atoms with Crippen LogP contribution < -0.4 is 0 Å². The molecule has 0 amide bonds. The van der Waals surface area contributed by atoms with Crippen molar-refractivity contribution in [3.63, 3.8) is 0 Å². The highest BCUT2D eigenvalue weighted by Gasteiger charge is 2.25. The third-order valence-electron chi connectivity index (χ3n) is 16.6. The van der Waals surface area contributed by atoms with Gasteiger partial charge >= 0.3 is 0 Å². The fourth-order valence-corrected chi connectivity index (χ4v) is 19.5. The number of aryl methyl sites for hydroxylation is 4. The summed E-state index contributed by atoms with van der Waals surface area (Å²) < 4.78 is 8.72. The van der Waals surface area contributed by atoms with Gasteiger partial charge in [0.1, 0.15) is 11.0 Å². The molecule has 0 unspecified atom stereocenters. The van der Waals surface area contributed by atoms with Crippen molar-refractivity contribution in [1.29, 1.82) is 0 Å². The number of rotatable bonds is 30. The fourth-order valence-electron chi connectivity index (χ4n) is 12.4. The average Bonchev–Trinajstić information content (AvgIpc) is 4.31. The maximum atomic E-state index is 5.50. The largest absolute Gasteiger partial charge is 0.243 e. The van der Waals surface area contributed by atoms with Gasteiger partial charge in [0.25, 0.3) is 0 Å². The predicted molar refractivity (Wildman–Crippen MR) is 349 cm³/mol. The van der Waals surface area contributed by atoms with E-state index in [1.165, 1.54) is 241 Å². The van der Waals surface area contributed by atoms with Crippen LogP contribution in [0.25, 0.3) is 102 Å². The molecule has 0 spiro atoms. The molecule has 0 fully saturated rings. The van der Waals surface area contributed by atoms with Gasteiger partial charge in [0, 0.05) is 70.6 Å². The van der Waals surface area contributed by atoms with Crippen LogP contribution in [0.15, 0.2) is 71.4 Å². The highest BCUT2D eigenvalue weighted by molar-refractivity contribution is 7.31. The number of aromatic nitrogens is 2. The molecular weight excluding hydrogens is 1040 g/mol. The van der Waals surface area contributed by atoms with Crippen LogP contribution in [0.1, 0.15) is 204 Å². The summed E-state index contributed by atoms with van der Waals surface area (Å²) in [7, 11) is 0. The van der Waals surface area contributed by atoms with Crippen molar-refractivity contribution in [3.8, 4) is 19.5 Å². The predicted octanol–water partition coefficient (Wildman–Crippen LogP) is 25.0. The molecule has 11 rings (SSSR count). The molecule has 11 aromatic rings. The Bertz CT molecular complexity index is 3460. The van der Waals surface area contributed by atoms with Crippen LogP contribution in [0.5, 0.6) is 0 Å². The molecule has 0 aliphatic carbocycles. The van der Waals surface area contributed by atoms with E-state index in [4.69, 9.17) is 9.97 Å². The van der Waals surface area contributed by atoms with E-state index in [9.17, 15) is 0 Å². The number of nitrogens with zero attached hydrogens (tertiary/aromatic N) is 2. The van der Waals surface area contributed by atoms with Gasteiger partial charge in [-0.3, -0.25) is 0 Å². The molecule has 2 nitrogen and oxygen atoms in total. The van der Waals surface area contributed by atoms with Gasteiger partial charge < -0.3 is 0 Å². The fraction of sp³-hybridized carbons (Fsp3) is 0.471. The Kier molecular flexibility index (Phi) is 18.6. The van der Waals surface area contributed by atoms with E-state index in [2.05, 4.69) is 122 Å². The number of thiophene rings is 6. The zero-order valence-corrected chi connectivity index (χ0v) is 51.0. The van der Waals surface area contributed by atoms with Crippen LogP contribution in [0.4, 0.5) is 0 Å². The van der Waals surface area contributed by atoms with Crippen molar-refractivity contribution in [1.82, 2.24) is 9.97 Å². The average molecular weight is 1120 g/mol. The van der Waals surface area contributed by atoms with Crippen LogP contribution in [0.2, 0.25) is 0 Å². The summed E-state index contributed by atoms with van der Waals surface area (Å²) in [6.45, 7) is 9.31. The van der Waals surface area contributed by atoms with E-state index < -0.39 is 0 Å². The maximum Gasteiger partial charge on any atom is 0.109 e. The Labute approximate surface area is 477 Å². The molecule has 0 saturated heterocycles. The van der Waals surface area contributed by atoms with Gasteiger partial charge in [0.2, 0.25) is 0 Å². The summed E-state index contributed by atoms with van der Waals surface area (Å²) in [6, 6.07) is 23.6. The summed E-state index contributed by atoms with van der Waals surface area (Å²) in [5, 5.41) is 13.3. The van der Waals surface area contributed by atoms with Gasteiger partial charge in [0.15, 0.2) is 0 Å². The minimum Gasteiger partial charge on any atom is -0.243 e. The van der Waals surface area contributed by atoms with Crippen LogP contribution in [0.3, 0.4) is 0 Å². The van der Waals surface area contributed by atoms with Gasteiger partial charge in [-0.15, -0.1) is 68.0 Å². The smallest absolute Gasteiger partial charge is 0.109 e. The lowest BCUT2D eigenvalue weighted by atomic mass is 9.93. The molecule has 0 saturated carbocycles. The molecule has 0 aliphatic rings. The lowest BCUT2D eigenvalue weighted by molar-refractivity contribution is 0.601. The minimum atomic E-state index is 0.972. The Hall–Kier alpha value is -3.76. The van der Waals surface area contributed by atoms with E-state index in [1.54, 1.807) is 41.1 Å². The van der Waals surface area contributed by atoms with Crippen LogP contribution in [0, 0.1) is 0 Å². The molecule has 7 aromatic heterocycles. The summed E-state index contributed by atoms with van der Waals surface area (Å²) >= 11 is 12.0. The van der Waals surface area contributed by atoms with Crippen molar-refractivity contribution < 1.29 is 0 Å². The Balaban J connectivity index is 1.02. The summed E-state index contributed by atoms with van der Waals surface area (Å²) in [5.74, 6) is 0. The summed E-state index contributed by atoms with van der Waals surface area (Å²) in [5.41, 5.74) is 10.7. The molecule has 398 valence electrons. The standard InChI is InChI=1S/C68H80N2S6/c1-5-9-13-17-21-25-31-45-47(33-27-23-19-15-11-7-3)65-51(49-37-39-71-63(45)49)41-57(73-65)59-43-53-54-44-60(76-68(54)62-61(67(53)75-59)69-55-35-29-30-36-56(55)70-62)58-42-52-50-38-40-72-64(50)46(32-26-22-18-14-10-6-2)48(66(52)74-58)34-28-24-20-16-12-8-4/h29-30,35-44H,5-28,31-34H2,1-4H3. The first-order valence-electron chi connectivity index (χ1n) is 30.0. The van der Waals surface area contributed by atoms with Gasteiger partial charge in [-0.25, -0.2) is 9.97 Å². The van der Waals surface area contributed by atoms with Crippen LogP contribution in [-0.2, 0) is 25.7 Å². The van der Waals surface area contributed by atoms with Crippen LogP contribution in [-0.4, -0.2) is 9.97 Å². The van der Waals surface area contributed by atoms with Crippen molar-refractivity contribution in [2.75, 3.05) is 0 Å². The second-order valence-corrected chi connectivity index (χ2v) is 28.2. The molecule has 7 heterocycles. The maximum absolute atomic E-state index is 5.50. The number of hydrogen-bond acceptors (Lipinski definition) is 8. The molecule has 0 bridgehead atoms. The van der Waals surface area contributed by atoms with Gasteiger partial charge in [-0.1, -0.05) is 168 Å². The van der Waals surface area contributed by atoms with Crippen molar-refractivity contribution in [2.45, 2.75) is 207 Å². The quantitative estimate of drug-likeness (QED) is 0.0331. The van der Waals surface area contributed by atoms with E-state index >= 15 is 0 Å². The highest BCUT2D eigenvalue weighted by atomic mass is 32.1. The zero-order valence-electron chi connectivity index (χ0n) is 46.1.